The molecule has 90 valence electrons. The molecule has 0 heterocycles. The molecule has 0 unspecified atom stereocenters. The lowest BCUT2D eigenvalue weighted by Gasteiger charge is -2.03. The van der Waals surface area contributed by atoms with E-state index >= 15 is 0 Å². The highest BCUT2D eigenvalue weighted by molar-refractivity contribution is 6.37. The number of hydrogen-bond donors (Lipinski definition) is 1. The van der Waals surface area contributed by atoms with Crippen LogP contribution in [0.5, 0.6) is 0 Å². The summed E-state index contributed by atoms with van der Waals surface area (Å²) in [6, 6.07) is 4.94. The van der Waals surface area contributed by atoms with E-state index < -0.39 is 18.4 Å². The van der Waals surface area contributed by atoms with Crippen molar-refractivity contribution in [1.29, 1.82) is 0 Å². The van der Waals surface area contributed by atoms with Crippen LogP contribution in [0.15, 0.2) is 24.3 Å². The van der Waals surface area contributed by atoms with Crippen molar-refractivity contribution in [2.75, 3.05) is 6.54 Å². The molecule has 0 aliphatic carbocycles. The highest BCUT2D eigenvalue weighted by Crippen LogP contribution is 2.25. The van der Waals surface area contributed by atoms with Crippen molar-refractivity contribution in [3.63, 3.8) is 0 Å². The summed E-state index contributed by atoms with van der Waals surface area (Å²) >= 11 is 11.7. The van der Waals surface area contributed by atoms with Crippen LogP contribution in [0, 0.1) is 0 Å². The quantitative estimate of drug-likeness (QED) is 0.828. The fourth-order valence-electron chi connectivity index (χ4n) is 1.05. The third-order valence-corrected chi connectivity index (χ3v) is 2.47. The van der Waals surface area contributed by atoms with Gasteiger partial charge < -0.3 is 15.2 Å². The van der Waals surface area contributed by atoms with Gasteiger partial charge in [-0.15, -0.1) is 0 Å². The van der Waals surface area contributed by atoms with E-state index in [2.05, 4.69) is 5.32 Å². The number of hydrogen-bond acceptors (Lipinski definition) is 3. The van der Waals surface area contributed by atoms with Crippen LogP contribution in [0.2, 0.25) is 10.0 Å². The maximum atomic E-state index is 11.2. The molecule has 0 fully saturated rings. The van der Waals surface area contributed by atoms with Crippen LogP contribution in [0.4, 0.5) is 0 Å². The summed E-state index contributed by atoms with van der Waals surface area (Å²) in [6.07, 6.45) is 2.56. The number of benzene rings is 1. The Morgan fingerprint density at radius 1 is 1.29 bits per heavy atom. The Hall–Kier alpha value is -1.52. The molecular weight excluding hydrogens is 265 g/mol. The van der Waals surface area contributed by atoms with Crippen molar-refractivity contribution in [3.05, 3.63) is 39.9 Å². The minimum absolute atomic E-state index is 0.404. The summed E-state index contributed by atoms with van der Waals surface area (Å²) in [6.45, 7) is -0.542. The maximum Gasteiger partial charge on any atom is 0.244 e. The Kier molecular flexibility index (Phi) is 5.00. The summed E-state index contributed by atoms with van der Waals surface area (Å²) in [7, 11) is 0. The molecule has 1 rings (SSSR count). The molecule has 6 heteroatoms. The normalized spacial score (nSPS) is 10.5. The predicted octanol–water partition coefficient (Wildman–Crippen LogP) is 0.873. The Morgan fingerprint density at radius 2 is 1.88 bits per heavy atom. The summed E-state index contributed by atoms with van der Waals surface area (Å²) in [5, 5.41) is 13.0. The van der Waals surface area contributed by atoms with Gasteiger partial charge in [-0.05, 0) is 18.2 Å². The highest BCUT2D eigenvalue weighted by Gasteiger charge is 2.02. The van der Waals surface area contributed by atoms with Crippen LogP contribution in [0.1, 0.15) is 5.56 Å². The number of rotatable bonds is 4. The first-order chi connectivity index (χ1) is 8.00. The van der Waals surface area contributed by atoms with Gasteiger partial charge >= 0.3 is 0 Å². The third-order valence-electron chi connectivity index (χ3n) is 1.81. The zero-order valence-electron chi connectivity index (χ0n) is 8.57. The van der Waals surface area contributed by atoms with Crippen LogP contribution >= 0.6 is 23.2 Å². The van der Waals surface area contributed by atoms with Crippen LogP contribution < -0.4 is 10.4 Å². The topological polar surface area (TPSA) is 69.2 Å². The number of amides is 1. The number of carboxylic acid groups (broad SMARTS) is 1. The Bertz CT molecular complexity index is 452. The van der Waals surface area contributed by atoms with Crippen LogP contribution in [0.25, 0.3) is 6.08 Å². The van der Waals surface area contributed by atoms with Crippen molar-refractivity contribution in [1.82, 2.24) is 5.32 Å². The minimum atomic E-state index is -1.36. The second-order valence-corrected chi connectivity index (χ2v) is 3.87. The van der Waals surface area contributed by atoms with Gasteiger partial charge in [0, 0.05) is 21.7 Å². The molecule has 17 heavy (non-hydrogen) atoms. The third kappa shape index (κ3) is 4.46. The van der Waals surface area contributed by atoms with E-state index in [1.807, 2.05) is 0 Å². The predicted molar refractivity (Wildman–Crippen MR) is 63.5 cm³/mol. The van der Waals surface area contributed by atoms with Crippen molar-refractivity contribution in [2.24, 2.45) is 0 Å². The summed E-state index contributed by atoms with van der Waals surface area (Å²) in [4.78, 5) is 21.3. The van der Waals surface area contributed by atoms with Gasteiger partial charge in [-0.2, -0.15) is 0 Å². The van der Waals surface area contributed by atoms with E-state index in [-0.39, 0.29) is 0 Å². The molecule has 0 saturated carbocycles. The zero-order chi connectivity index (χ0) is 12.8. The monoisotopic (exact) mass is 272 g/mol. The van der Waals surface area contributed by atoms with Gasteiger partial charge in [0.15, 0.2) is 0 Å². The van der Waals surface area contributed by atoms with E-state index in [1.165, 1.54) is 6.08 Å². The molecule has 0 aliphatic rings. The molecule has 0 bridgehead atoms. The first kappa shape index (κ1) is 13.5. The fourth-order valence-corrected chi connectivity index (χ4v) is 1.57. The number of carbonyl (C=O) groups is 2. The van der Waals surface area contributed by atoms with E-state index in [9.17, 15) is 14.7 Å². The smallest absolute Gasteiger partial charge is 0.244 e. The highest BCUT2D eigenvalue weighted by atomic mass is 35.5. The van der Waals surface area contributed by atoms with Crippen molar-refractivity contribution < 1.29 is 14.7 Å². The standard InChI is InChI=1S/C11H9Cl2NO3/c12-8-2-1-3-9(13)7(8)4-5-10(15)14-6-11(16)17/h1-5H,6H2,(H,14,15)(H,16,17)/p-1/b5-4+. The number of aliphatic carboxylic acids is 1. The van der Waals surface area contributed by atoms with E-state index in [0.29, 0.717) is 15.6 Å². The van der Waals surface area contributed by atoms with E-state index in [1.54, 1.807) is 18.2 Å². The van der Waals surface area contributed by atoms with Gasteiger partial charge in [-0.25, -0.2) is 0 Å². The second-order valence-electron chi connectivity index (χ2n) is 3.06. The van der Waals surface area contributed by atoms with Crippen LogP contribution in [-0.4, -0.2) is 18.4 Å². The van der Waals surface area contributed by atoms with Crippen LogP contribution in [-0.2, 0) is 9.59 Å². The summed E-state index contributed by atoms with van der Waals surface area (Å²) < 4.78 is 0. The number of halogens is 2. The van der Waals surface area contributed by atoms with Gasteiger partial charge in [0.1, 0.15) is 0 Å². The average Bonchev–Trinajstić information content (AvgIpc) is 2.25. The summed E-state index contributed by atoms with van der Waals surface area (Å²) in [5.74, 6) is -1.92. The van der Waals surface area contributed by atoms with Gasteiger partial charge in [-0.1, -0.05) is 29.3 Å². The van der Waals surface area contributed by atoms with Crippen LogP contribution in [0.3, 0.4) is 0 Å². The molecule has 0 atom stereocenters. The molecule has 1 N–H and O–H groups in total. The number of carboxylic acids is 1. The Balaban J connectivity index is 2.70. The molecule has 1 aromatic rings. The molecule has 1 amide bonds. The SMILES string of the molecule is O=C([O-])CNC(=O)/C=C/c1c(Cl)cccc1Cl. The van der Waals surface area contributed by atoms with Gasteiger partial charge in [0.2, 0.25) is 5.91 Å². The van der Waals surface area contributed by atoms with Gasteiger partial charge in [-0.3, -0.25) is 4.79 Å². The van der Waals surface area contributed by atoms with E-state index in [0.717, 1.165) is 6.08 Å². The molecule has 4 nitrogen and oxygen atoms in total. The maximum absolute atomic E-state index is 11.2. The molecule has 1 aromatic carbocycles. The van der Waals surface area contributed by atoms with Crippen molar-refractivity contribution >= 4 is 41.2 Å². The lowest BCUT2D eigenvalue weighted by atomic mass is 10.2. The minimum Gasteiger partial charge on any atom is -0.548 e. The Labute approximate surface area is 108 Å². The van der Waals surface area contributed by atoms with Gasteiger partial charge in [0.05, 0.1) is 12.5 Å². The molecule has 0 aliphatic heterocycles. The Morgan fingerprint density at radius 3 is 2.41 bits per heavy atom. The van der Waals surface area contributed by atoms with Crippen molar-refractivity contribution in [3.8, 4) is 0 Å². The van der Waals surface area contributed by atoms with Crippen molar-refractivity contribution in [2.45, 2.75) is 0 Å². The molecule has 0 radical (unpaired) electrons. The molecule has 0 saturated heterocycles. The zero-order valence-corrected chi connectivity index (χ0v) is 10.1. The van der Waals surface area contributed by atoms with E-state index in [4.69, 9.17) is 23.2 Å². The summed E-state index contributed by atoms with van der Waals surface area (Å²) in [5.41, 5.74) is 0.499. The molecular formula is C11H8Cl2NO3-. The lowest BCUT2D eigenvalue weighted by molar-refractivity contribution is -0.303. The number of nitrogens with one attached hydrogen (secondary N) is 1. The average molecular weight is 273 g/mol. The molecule has 0 spiro atoms. The first-order valence-electron chi connectivity index (χ1n) is 4.60. The largest absolute Gasteiger partial charge is 0.548 e. The first-order valence-corrected chi connectivity index (χ1v) is 5.36. The second kappa shape index (κ2) is 6.27. The lowest BCUT2D eigenvalue weighted by Crippen LogP contribution is -2.36. The fraction of sp³-hybridized carbons (Fsp3) is 0.0909. The van der Waals surface area contributed by atoms with Gasteiger partial charge in [0.25, 0.3) is 0 Å². The molecule has 0 aromatic heterocycles. The number of carbonyl (C=O) groups excluding carboxylic acids is 2.